The van der Waals surface area contributed by atoms with E-state index in [0.29, 0.717) is 19.8 Å². The van der Waals surface area contributed by atoms with E-state index in [1.807, 2.05) is 18.2 Å². The summed E-state index contributed by atoms with van der Waals surface area (Å²) in [5.41, 5.74) is 1.08. The van der Waals surface area contributed by atoms with Gasteiger partial charge in [-0.15, -0.1) is 0 Å². The zero-order valence-electron chi connectivity index (χ0n) is 10.6. The molecular weight excluding hydrogens is 246 g/mol. The highest BCUT2D eigenvalue weighted by Crippen LogP contribution is 2.30. The SMILES string of the molecule is O=C1CC(=O)N(CCc2ccc3c(c2)OCCO3)C1. The summed E-state index contributed by atoms with van der Waals surface area (Å²) in [4.78, 5) is 24.3. The van der Waals surface area contributed by atoms with Crippen LogP contribution in [-0.2, 0) is 16.0 Å². The number of rotatable bonds is 3. The molecule has 0 aromatic heterocycles. The lowest BCUT2D eigenvalue weighted by molar-refractivity contribution is -0.127. The Kier molecular flexibility index (Phi) is 3.11. The van der Waals surface area contributed by atoms with E-state index < -0.39 is 0 Å². The van der Waals surface area contributed by atoms with Gasteiger partial charge in [-0.3, -0.25) is 9.59 Å². The van der Waals surface area contributed by atoms with Crippen LogP contribution in [0.2, 0.25) is 0 Å². The molecule has 0 N–H and O–H groups in total. The zero-order chi connectivity index (χ0) is 13.2. The number of nitrogens with zero attached hydrogens (tertiary/aromatic N) is 1. The Morgan fingerprint density at radius 1 is 1.11 bits per heavy atom. The van der Waals surface area contributed by atoms with E-state index in [4.69, 9.17) is 9.47 Å². The van der Waals surface area contributed by atoms with Gasteiger partial charge in [-0.1, -0.05) is 6.07 Å². The number of hydrogen-bond donors (Lipinski definition) is 0. The molecule has 5 heteroatoms. The van der Waals surface area contributed by atoms with Crippen LogP contribution in [0.15, 0.2) is 18.2 Å². The van der Waals surface area contributed by atoms with Crippen LogP contribution in [-0.4, -0.2) is 42.9 Å². The highest BCUT2D eigenvalue weighted by Gasteiger charge is 2.26. The number of fused-ring (bicyclic) bond motifs is 1. The van der Waals surface area contributed by atoms with Crippen LogP contribution in [0.5, 0.6) is 11.5 Å². The molecule has 2 heterocycles. The number of ether oxygens (including phenoxy) is 2. The van der Waals surface area contributed by atoms with Crippen LogP contribution in [0.4, 0.5) is 0 Å². The molecule has 5 nitrogen and oxygen atoms in total. The third-order valence-corrected chi connectivity index (χ3v) is 3.35. The van der Waals surface area contributed by atoms with E-state index in [0.717, 1.165) is 23.5 Å². The lowest BCUT2D eigenvalue weighted by Crippen LogP contribution is -2.27. The van der Waals surface area contributed by atoms with Gasteiger partial charge in [0.25, 0.3) is 0 Å². The monoisotopic (exact) mass is 261 g/mol. The molecule has 1 amide bonds. The summed E-state index contributed by atoms with van der Waals surface area (Å²) in [6.45, 7) is 1.97. The molecule has 19 heavy (non-hydrogen) atoms. The highest BCUT2D eigenvalue weighted by atomic mass is 16.6. The van der Waals surface area contributed by atoms with E-state index in [9.17, 15) is 9.59 Å². The van der Waals surface area contributed by atoms with Gasteiger partial charge in [-0.25, -0.2) is 0 Å². The fourth-order valence-corrected chi connectivity index (χ4v) is 2.35. The first-order chi connectivity index (χ1) is 9.22. The molecule has 0 aliphatic carbocycles. The standard InChI is InChI=1S/C14H15NO4/c16-11-8-14(17)15(9-11)4-3-10-1-2-12-13(7-10)19-6-5-18-12/h1-2,7H,3-6,8-9H2. The Hall–Kier alpha value is -2.04. The summed E-state index contributed by atoms with van der Waals surface area (Å²) in [7, 11) is 0. The number of amides is 1. The molecule has 1 aromatic rings. The van der Waals surface area contributed by atoms with Crippen molar-refractivity contribution in [2.24, 2.45) is 0 Å². The minimum absolute atomic E-state index is 0.00664. The quantitative estimate of drug-likeness (QED) is 0.755. The van der Waals surface area contributed by atoms with E-state index >= 15 is 0 Å². The summed E-state index contributed by atoms with van der Waals surface area (Å²) in [5, 5.41) is 0. The van der Waals surface area contributed by atoms with Crippen molar-refractivity contribution in [3.63, 3.8) is 0 Å². The number of Topliss-reactive ketones (excluding diaryl/α,β-unsaturated/α-hetero) is 1. The van der Waals surface area contributed by atoms with Crippen LogP contribution in [0, 0.1) is 0 Å². The smallest absolute Gasteiger partial charge is 0.230 e. The first-order valence-electron chi connectivity index (χ1n) is 6.40. The molecular formula is C14H15NO4. The van der Waals surface area contributed by atoms with Gasteiger partial charge >= 0.3 is 0 Å². The summed E-state index contributed by atoms with van der Waals surface area (Å²) in [5.74, 6) is 1.46. The van der Waals surface area contributed by atoms with Crippen molar-refractivity contribution >= 4 is 11.7 Å². The fourth-order valence-electron chi connectivity index (χ4n) is 2.35. The summed E-state index contributed by atoms with van der Waals surface area (Å²) in [6.07, 6.45) is 0.775. The Morgan fingerprint density at radius 2 is 1.89 bits per heavy atom. The van der Waals surface area contributed by atoms with Crippen molar-refractivity contribution in [2.75, 3.05) is 26.3 Å². The molecule has 0 saturated carbocycles. The normalized spacial score (nSPS) is 18.0. The molecule has 1 saturated heterocycles. The van der Waals surface area contributed by atoms with Crippen LogP contribution in [0.25, 0.3) is 0 Å². The molecule has 0 radical (unpaired) electrons. The molecule has 1 fully saturated rings. The number of likely N-dealkylation sites (tertiary alicyclic amines) is 1. The van der Waals surface area contributed by atoms with Crippen molar-refractivity contribution in [1.82, 2.24) is 4.90 Å². The number of benzene rings is 1. The minimum Gasteiger partial charge on any atom is -0.486 e. The van der Waals surface area contributed by atoms with Crippen molar-refractivity contribution in [1.29, 1.82) is 0 Å². The maximum absolute atomic E-state index is 11.5. The van der Waals surface area contributed by atoms with Crippen LogP contribution in [0.3, 0.4) is 0 Å². The van der Waals surface area contributed by atoms with Crippen LogP contribution < -0.4 is 9.47 Å². The first-order valence-corrected chi connectivity index (χ1v) is 6.40. The topological polar surface area (TPSA) is 55.8 Å². The lowest BCUT2D eigenvalue weighted by Gasteiger charge is -2.19. The molecule has 3 rings (SSSR count). The van der Waals surface area contributed by atoms with Crippen molar-refractivity contribution in [3.8, 4) is 11.5 Å². The fraction of sp³-hybridized carbons (Fsp3) is 0.429. The summed E-state index contributed by atoms with van der Waals surface area (Å²) >= 11 is 0. The van der Waals surface area contributed by atoms with E-state index in [1.54, 1.807) is 4.90 Å². The summed E-state index contributed by atoms with van der Waals surface area (Å²) in [6, 6.07) is 5.80. The number of hydrogen-bond acceptors (Lipinski definition) is 4. The second-order valence-corrected chi connectivity index (χ2v) is 4.76. The predicted molar refractivity (Wildman–Crippen MR) is 67.3 cm³/mol. The molecule has 2 aliphatic heterocycles. The zero-order valence-corrected chi connectivity index (χ0v) is 10.6. The molecule has 0 atom stereocenters. The molecule has 0 unspecified atom stereocenters. The van der Waals surface area contributed by atoms with E-state index in [2.05, 4.69) is 0 Å². The third kappa shape index (κ3) is 2.54. The minimum atomic E-state index is -0.0671. The van der Waals surface area contributed by atoms with Gasteiger partial charge in [-0.05, 0) is 24.1 Å². The Balaban J connectivity index is 1.64. The van der Waals surface area contributed by atoms with Gasteiger partial charge in [0.1, 0.15) is 13.2 Å². The molecule has 1 aromatic carbocycles. The van der Waals surface area contributed by atoms with Crippen molar-refractivity contribution in [3.05, 3.63) is 23.8 Å². The van der Waals surface area contributed by atoms with Crippen molar-refractivity contribution < 1.29 is 19.1 Å². The average molecular weight is 261 g/mol. The molecule has 2 aliphatic rings. The lowest BCUT2D eigenvalue weighted by atomic mass is 10.1. The third-order valence-electron chi connectivity index (χ3n) is 3.35. The first kappa shape index (κ1) is 12.0. The van der Waals surface area contributed by atoms with Crippen LogP contribution in [0.1, 0.15) is 12.0 Å². The Labute approximate surface area is 111 Å². The Morgan fingerprint density at radius 3 is 2.63 bits per heavy atom. The van der Waals surface area contributed by atoms with Gasteiger partial charge in [0.15, 0.2) is 17.3 Å². The average Bonchev–Trinajstić information content (AvgIpc) is 2.74. The molecule has 0 spiro atoms. The maximum Gasteiger partial charge on any atom is 0.230 e. The Bertz CT molecular complexity index is 526. The van der Waals surface area contributed by atoms with E-state index in [-0.39, 0.29) is 24.7 Å². The number of carbonyl (C=O) groups excluding carboxylic acids is 2. The van der Waals surface area contributed by atoms with Gasteiger partial charge < -0.3 is 14.4 Å². The second kappa shape index (κ2) is 4.91. The van der Waals surface area contributed by atoms with Gasteiger partial charge in [0.2, 0.25) is 5.91 Å². The van der Waals surface area contributed by atoms with Gasteiger partial charge in [0, 0.05) is 6.54 Å². The number of ketones is 1. The van der Waals surface area contributed by atoms with Gasteiger partial charge in [0.05, 0.1) is 13.0 Å². The largest absolute Gasteiger partial charge is 0.486 e. The number of carbonyl (C=O) groups is 2. The second-order valence-electron chi connectivity index (χ2n) is 4.76. The maximum atomic E-state index is 11.5. The molecule has 0 bridgehead atoms. The highest BCUT2D eigenvalue weighted by molar-refractivity contribution is 6.05. The van der Waals surface area contributed by atoms with Crippen molar-refractivity contribution in [2.45, 2.75) is 12.8 Å². The predicted octanol–water partition coefficient (Wildman–Crippen LogP) is 0.802. The molecule has 100 valence electrons. The summed E-state index contributed by atoms with van der Waals surface area (Å²) < 4.78 is 11.0. The van der Waals surface area contributed by atoms with Crippen LogP contribution >= 0.6 is 0 Å². The van der Waals surface area contributed by atoms with E-state index in [1.165, 1.54) is 0 Å². The van der Waals surface area contributed by atoms with Gasteiger partial charge in [-0.2, -0.15) is 0 Å².